The molecule has 1 atom stereocenters. The van der Waals surface area contributed by atoms with Crippen molar-refractivity contribution in [3.8, 4) is 0 Å². The fourth-order valence-electron chi connectivity index (χ4n) is 3.14. The molecule has 0 aliphatic carbocycles. The molecule has 29 heavy (non-hydrogen) atoms. The summed E-state index contributed by atoms with van der Waals surface area (Å²) in [5, 5.41) is 9.72. The first-order valence-corrected chi connectivity index (χ1v) is 10.8. The number of aromatic nitrogens is 4. The minimum absolute atomic E-state index is 0.104. The standard InChI is InChI=1S/C20H18FN5O2S/c1-12-11-17(26-25-12)23-19-15-5-3-4-6-16(15)22-20(24-19)18(29(2,27)28)13-7-9-14(21)10-8-13/h3-11,18H,1-2H3,(H2,22,23,24,25,26). The second-order valence-electron chi connectivity index (χ2n) is 6.77. The first kappa shape index (κ1) is 19.0. The predicted octanol–water partition coefficient (Wildman–Crippen LogP) is 3.68. The van der Waals surface area contributed by atoms with E-state index < -0.39 is 20.9 Å². The van der Waals surface area contributed by atoms with Crippen LogP contribution < -0.4 is 5.32 Å². The molecule has 0 radical (unpaired) electrons. The quantitative estimate of drug-likeness (QED) is 0.520. The summed E-state index contributed by atoms with van der Waals surface area (Å²) in [6.07, 6.45) is 1.11. The van der Waals surface area contributed by atoms with E-state index in [1.54, 1.807) is 6.07 Å². The van der Waals surface area contributed by atoms with Crippen LogP contribution in [0.2, 0.25) is 0 Å². The summed E-state index contributed by atoms with van der Waals surface area (Å²) in [5.41, 5.74) is 1.85. The average Bonchev–Trinajstić information content (AvgIpc) is 3.07. The zero-order chi connectivity index (χ0) is 20.6. The number of rotatable bonds is 5. The minimum atomic E-state index is -3.64. The number of aromatic amines is 1. The van der Waals surface area contributed by atoms with Crippen LogP contribution in [0.15, 0.2) is 54.6 Å². The molecule has 1 unspecified atom stereocenters. The molecule has 2 N–H and O–H groups in total. The van der Waals surface area contributed by atoms with E-state index in [1.165, 1.54) is 24.3 Å². The molecule has 4 rings (SSSR count). The van der Waals surface area contributed by atoms with Gasteiger partial charge in [0.05, 0.1) is 5.52 Å². The second-order valence-corrected chi connectivity index (χ2v) is 8.90. The Morgan fingerprint density at radius 1 is 1.07 bits per heavy atom. The number of para-hydroxylation sites is 1. The number of anilines is 2. The molecule has 7 nitrogen and oxygen atoms in total. The number of fused-ring (bicyclic) bond motifs is 1. The van der Waals surface area contributed by atoms with Crippen molar-refractivity contribution >= 4 is 32.4 Å². The molecule has 0 amide bonds. The van der Waals surface area contributed by atoms with Gasteiger partial charge < -0.3 is 5.32 Å². The number of aryl methyl sites for hydroxylation is 1. The Labute approximate surface area is 166 Å². The molecular weight excluding hydrogens is 393 g/mol. The molecule has 148 valence electrons. The topological polar surface area (TPSA) is 101 Å². The summed E-state index contributed by atoms with van der Waals surface area (Å²) in [5.74, 6) is 0.645. The van der Waals surface area contributed by atoms with Crippen LogP contribution in [0.4, 0.5) is 16.0 Å². The maximum absolute atomic E-state index is 13.4. The largest absolute Gasteiger partial charge is 0.323 e. The highest BCUT2D eigenvalue weighted by atomic mass is 32.2. The molecule has 0 saturated carbocycles. The molecule has 0 bridgehead atoms. The van der Waals surface area contributed by atoms with Crippen molar-refractivity contribution in [1.82, 2.24) is 20.2 Å². The van der Waals surface area contributed by atoms with Crippen molar-refractivity contribution < 1.29 is 12.8 Å². The van der Waals surface area contributed by atoms with E-state index in [2.05, 4.69) is 25.5 Å². The smallest absolute Gasteiger partial charge is 0.161 e. The molecule has 0 saturated heterocycles. The highest BCUT2D eigenvalue weighted by Gasteiger charge is 2.29. The number of H-pyrrole nitrogens is 1. The van der Waals surface area contributed by atoms with Crippen molar-refractivity contribution in [2.45, 2.75) is 12.2 Å². The summed E-state index contributed by atoms with van der Waals surface area (Å²) in [6, 6.07) is 14.4. The molecule has 0 fully saturated rings. The number of hydrogen-bond donors (Lipinski definition) is 2. The minimum Gasteiger partial charge on any atom is -0.323 e. The van der Waals surface area contributed by atoms with Gasteiger partial charge in [-0.3, -0.25) is 5.10 Å². The molecule has 0 aliphatic rings. The van der Waals surface area contributed by atoms with Gasteiger partial charge in [0.15, 0.2) is 21.5 Å². The van der Waals surface area contributed by atoms with Crippen LogP contribution in [-0.4, -0.2) is 34.8 Å². The highest BCUT2D eigenvalue weighted by Crippen LogP contribution is 2.31. The number of hydrogen-bond acceptors (Lipinski definition) is 6. The number of halogens is 1. The average molecular weight is 411 g/mol. The highest BCUT2D eigenvalue weighted by molar-refractivity contribution is 7.91. The summed E-state index contributed by atoms with van der Waals surface area (Å²) < 4.78 is 38.6. The zero-order valence-electron chi connectivity index (χ0n) is 15.7. The number of nitrogens with zero attached hydrogens (tertiary/aromatic N) is 3. The van der Waals surface area contributed by atoms with E-state index in [0.29, 0.717) is 22.7 Å². The van der Waals surface area contributed by atoms with Gasteiger partial charge in [0.25, 0.3) is 0 Å². The third kappa shape index (κ3) is 3.95. The van der Waals surface area contributed by atoms with Gasteiger partial charge in [-0.1, -0.05) is 24.3 Å². The molecule has 2 heterocycles. The lowest BCUT2D eigenvalue weighted by molar-refractivity contribution is 0.592. The van der Waals surface area contributed by atoms with Gasteiger partial charge in [0.2, 0.25) is 0 Å². The molecule has 0 spiro atoms. The Morgan fingerprint density at radius 2 is 1.79 bits per heavy atom. The Kier molecular flexibility index (Phi) is 4.75. The fourth-order valence-corrected chi connectivity index (χ4v) is 4.28. The van der Waals surface area contributed by atoms with Crippen LogP contribution in [0.5, 0.6) is 0 Å². The van der Waals surface area contributed by atoms with Gasteiger partial charge in [0, 0.05) is 23.4 Å². The fraction of sp³-hybridized carbons (Fsp3) is 0.150. The lowest BCUT2D eigenvalue weighted by Crippen LogP contribution is -2.17. The van der Waals surface area contributed by atoms with E-state index >= 15 is 0 Å². The lowest BCUT2D eigenvalue weighted by atomic mass is 10.1. The maximum atomic E-state index is 13.4. The van der Waals surface area contributed by atoms with Gasteiger partial charge in [-0.2, -0.15) is 5.10 Å². The summed E-state index contributed by atoms with van der Waals surface area (Å²) in [7, 11) is -3.64. The first-order chi connectivity index (χ1) is 13.8. The van der Waals surface area contributed by atoms with Gasteiger partial charge >= 0.3 is 0 Å². The number of benzene rings is 2. The monoisotopic (exact) mass is 411 g/mol. The third-order valence-electron chi connectivity index (χ3n) is 4.41. The Bertz CT molecular complexity index is 1290. The maximum Gasteiger partial charge on any atom is 0.161 e. The zero-order valence-corrected chi connectivity index (χ0v) is 16.5. The third-order valence-corrected chi connectivity index (χ3v) is 5.75. The van der Waals surface area contributed by atoms with Crippen molar-refractivity contribution in [3.05, 3.63) is 77.5 Å². The van der Waals surface area contributed by atoms with Crippen LogP contribution in [0.3, 0.4) is 0 Å². The van der Waals surface area contributed by atoms with Gasteiger partial charge in [-0.05, 0) is 36.8 Å². The van der Waals surface area contributed by atoms with E-state index in [0.717, 1.165) is 17.3 Å². The van der Waals surface area contributed by atoms with Gasteiger partial charge in [0.1, 0.15) is 16.9 Å². The van der Waals surface area contributed by atoms with E-state index in [-0.39, 0.29) is 5.82 Å². The van der Waals surface area contributed by atoms with Crippen molar-refractivity contribution in [2.75, 3.05) is 11.6 Å². The van der Waals surface area contributed by atoms with Gasteiger partial charge in [-0.15, -0.1) is 0 Å². The first-order valence-electron chi connectivity index (χ1n) is 8.81. The van der Waals surface area contributed by atoms with Crippen molar-refractivity contribution in [1.29, 1.82) is 0 Å². The summed E-state index contributed by atoms with van der Waals surface area (Å²) >= 11 is 0. The molecule has 0 aliphatic heterocycles. The normalized spacial score (nSPS) is 12.8. The number of nitrogens with one attached hydrogen (secondary N) is 2. The van der Waals surface area contributed by atoms with Crippen LogP contribution in [-0.2, 0) is 9.84 Å². The lowest BCUT2D eigenvalue weighted by Gasteiger charge is -2.17. The summed E-state index contributed by atoms with van der Waals surface area (Å²) in [4.78, 5) is 9.02. The predicted molar refractivity (Wildman–Crippen MR) is 109 cm³/mol. The van der Waals surface area contributed by atoms with Gasteiger partial charge in [-0.25, -0.2) is 22.8 Å². The Hall–Kier alpha value is -3.33. The van der Waals surface area contributed by atoms with Crippen molar-refractivity contribution in [3.63, 3.8) is 0 Å². The molecular formula is C20H18FN5O2S. The van der Waals surface area contributed by atoms with Crippen LogP contribution in [0.1, 0.15) is 22.3 Å². The Morgan fingerprint density at radius 3 is 2.45 bits per heavy atom. The van der Waals surface area contributed by atoms with Crippen molar-refractivity contribution in [2.24, 2.45) is 0 Å². The van der Waals surface area contributed by atoms with Crippen LogP contribution >= 0.6 is 0 Å². The Balaban J connectivity index is 1.90. The van der Waals surface area contributed by atoms with E-state index in [1.807, 2.05) is 31.2 Å². The SMILES string of the molecule is Cc1cc(Nc2nc(C(c3ccc(F)cc3)S(C)(=O)=O)nc3ccccc23)n[nH]1. The summed E-state index contributed by atoms with van der Waals surface area (Å²) in [6.45, 7) is 1.87. The van der Waals surface area contributed by atoms with E-state index in [9.17, 15) is 12.8 Å². The number of sulfone groups is 1. The van der Waals surface area contributed by atoms with E-state index in [4.69, 9.17) is 0 Å². The molecule has 2 aromatic heterocycles. The van der Waals surface area contributed by atoms with Crippen LogP contribution in [0.25, 0.3) is 10.9 Å². The molecule has 9 heteroatoms. The second kappa shape index (κ2) is 7.25. The van der Waals surface area contributed by atoms with Crippen LogP contribution in [0, 0.1) is 12.7 Å². The molecule has 4 aromatic rings. The molecule has 2 aromatic carbocycles.